The molecule has 0 saturated carbocycles. The summed E-state index contributed by atoms with van der Waals surface area (Å²) in [7, 11) is 0. The lowest BCUT2D eigenvalue weighted by Crippen LogP contribution is -2.19. The predicted molar refractivity (Wildman–Crippen MR) is 118 cm³/mol. The second-order valence-corrected chi connectivity index (χ2v) is 9.04. The maximum Gasteiger partial charge on any atom is 0.252 e. The van der Waals surface area contributed by atoms with Gasteiger partial charge in [-0.1, -0.05) is 35.1 Å². The number of rotatable bonds is 5. The Kier molecular flexibility index (Phi) is 6.22. The quantitative estimate of drug-likeness (QED) is 0.608. The van der Waals surface area contributed by atoms with Crippen LogP contribution in [-0.4, -0.2) is 22.5 Å². The first-order valence-corrected chi connectivity index (χ1v) is 11.3. The smallest absolute Gasteiger partial charge is 0.252 e. The van der Waals surface area contributed by atoms with Crippen LogP contribution >= 0.6 is 23.1 Å². The fourth-order valence-electron chi connectivity index (χ4n) is 3.11. The molecule has 1 aromatic heterocycles. The summed E-state index contributed by atoms with van der Waals surface area (Å²) in [5, 5.41) is 0. The summed E-state index contributed by atoms with van der Waals surface area (Å²) in [6, 6.07) is 10.7. The van der Waals surface area contributed by atoms with Gasteiger partial charge in [0.15, 0.2) is 4.80 Å². The number of aromatic nitrogens is 1. The van der Waals surface area contributed by atoms with E-state index in [1.807, 2.05) is 6.92 Å². The summed E-state index contributed by atoms with van der Waals surface area (Å²) in [5.41, 5.74) is 7.09. The number of fused-ring (bicyclic) bond motifs is 1. The van der Waals surface area contributed by atoms with Crippen molar-refractivity contribution in [1.82, 2.24) is 4.57 Å². The van der Waals surface area contributed by atoms with Crippen molar-refractivity contribution >= 4 is 39.2 Å². The molecule has 27 heavy (non-hydrogen) atoms. The normalized spacial score (nSPS) is 12.1. The molecular formula is C22H26N2OS2. The highest BCUT2D eigenvalue weighted by molar-refractivity contribution is 7.98. The topological polar surface area (TPSA) is 34.4 Å². The number of hydrogen-bond donors (Lipinski definition) is 0. The predicted octanol–water partition coefficient (Wildman–Crippen LogP) is 4.97. The Balaban J connectivity index is 2.03. The van der Waals surface area contributed by atoms with E-state index in [0.717, 1.165) is 28.2 Å². The first kappa shape index (κ1) is 19.9. The van der Waals surface area contributed by atoms with Gasteiger partial charge in [-0.25, -0.2) is 0 Å². The molecule has 0 bridgehead atoms. The fraction of sp³-hybridized carbons (Fsp3) is 0.364. The third-order valence-electron chi connectivity index (χ3n) is 4.88. The Bertz CT molecular complexity index is 1060. The number of benzene rings is 2. The average molecular weight is 399 g/mol. The Labute approximate surface area is 169 Å². The van der Waals surface area contributed by atoms with Crippen molar-refractivity contribution in [2.75, 3.05) is 12.0 Å². The van der Waals surface area contributed by atoms with Crippen molar-refractivity contribution in [3.63, 3.8) is 0 Å². The number of carbonyl (C=O) groups is 1. The molecule has 0 aliphatic rings. The minimum atomic E-state index is -0.0819. The number of carbonyl (C=O) groups excluding carboxylic acids is 1. The van der Waals surface area contributed by atoms with Crippen LogP contribution in [0.15, 0.2) is 35.3 Å². The van der Waals surface area contributed by atoms with E-state index >= 15 is 0 Å². The monoisotopic (exact) mass is 398 g/mol. The number of thioether (sulfide) groups is 1. The van der Waals surface area contributed by atoms with Gasteiger partial charge < -0.3 is 4.57 Å². The van der Waals surface area contributed by atoms with E-state index in [-0.39, 0.29) is 5.91 Å². The van der Waals surface area contributed by atoms with Crippen molar-refractivity contribution in [3.8, 4) is 0 Å². The molecule has 0 aliphatic carbocycles. The van der Waals surface area contributed by atoms with Crippen molar-refractivity contribution in [2.24, 2.45) is 4.99 Å². The summed E-state index contributed by atoms with van der Waals surface area (Å²) in [6.45, 7) is 9.22. The molecule has 3 nitrogen and oxygen atoms in total. The molecule has 0 aliphatic heterocycles. The van der Waals surface area contributed by atoms with E-state index in [0.29, 0.717) is 6.42 Å². The van der Waals surface area contributed by atoms with E-state index in [1.54, 1.807) is 23.1 Å². The van der Waals surface area contributed by atoms with Gasteiger partial charge in [0.25, 0.3) is 5.91 Å². The molecule has 1 heterocycles. The second kappa shape index (κ2) is 8.44. The number of nitrogens with zero attached hydrogens (tertiary/aromatic N) is 2. The summed E-state index contributed by atoms with van der Waals surface area (Å²) in [5.74, 6) is 0.915. The highest BCUT2D eigenvalue weighted by Gasteiger charge is 2.11. The van der Waals surface area contributed by atoms with Crippen molar-refractivity contribution in [2.45, 2.75) is 40.7 Å². The van der Waals surface area contributed by atoms with Crippen LogP contribution in [0.4, 0.5) is 0 Å². The van der Waals surface area contributed by atoms with Crippen LogP contribution < -0.4 is 4.80 Å². The van der Waals surface area contributed by atoms with Gasteiger partial charge in [-0.2, -0.15) is 16.8 Å². The molecule has 0 atom stereocenters. The van der Waals surface area contributed by atoms with Gasteiger partial charge >= 0.3 is 0 Å². The Morgan fingerprint density at radius 3 is 2.56 bits per heavy atom. The van der Waals surface area contributed by atoms with E-state index in [9.17, 15) is 4.79 Å². The molecule has 142 valence electrons. The van der Waals surface area contributed by atoms with E-state index in [2.05, 4.69) is 66.9 Å². The zero-order valence-corrected chi connectivity index (χ0v) is 18.3. The Morgan fingerprint density at radius 2 is 1.81 bits per heavy atom. The summed E-state index contributed by atoms with van der Waals surface area (Å²) < 4.78 is 3.39. The third-order valence-corrected chi connectivity index (χ3v) is 6.52. The van der Waals surface area contributed by atoms with Gasteiger partial charge in [0, 0.05) is 12.3 Å². The number of amides is 1. The summed E-state index contributed by atoms with van der Waals surface area (Å²) in [6.07, 6.45) is 2.45. The zero-order chi connectivity index (χ0) is 19.6. The van der Waals surface area contributed by atoms with Crippen molar-refractivity contribution in [3.05, 3.63) is 63.0 Å². The van der Waals surface area contributed by atoms with E-state index in [4.69, 9.17) is 0 Å². The molecule has 2 aromatic carbocycles. The molecule has 0 fully saturated rings. The van der Waals surface area contributed by atoms with Gasteiger partial charge in [0.1, 0.15) is 0 Å². The maximum atomic E-state index is 12.7. The van der Waals surface area contributed by atoms with Crippen LogP contribution in [0, 0.1) is 27.7 Å². The third kappa shape index (κ3) is 4.53. The van der Waals surface area contributed by atoms with Gasteiger partial charge in [-0.05, 0) is 68.3 Å². The molecule has 3 aromatic rings. The molecule has 0 radical (unpaired) electrons. The SMILES string of the molecule is CSCCn1c(=NC(=O)Cc2cc(C)ccc2C)sc2cc(C)c(C)cc21. The molecule has 1 amide bonds. The number of thiazole rings is 1. The fourth-order valence-corrected chi connectivity index (χ4v) is 4.62. The lowest BCUT2D eigenvalue weighted by Gasteiger charge is -2.06. The first-order valence-electron chi connectivity index (χ1n) is 9.12. The molecular weight excluding hydrogens is 372 g/mol. The van der Waals surface area contributed by atoms with Crippen LogP contribution in [0.3, 0.4) is 0 Å². The Morgan fingerprint density at radius 1 is 1.07 bits per heavy atom. The van der Waals surface area contributed by atoms with Crippen LogP contribution in [0.2, 0.25) is 0 Å². The minimum Gasteiger partial charge on any atom is -0.316 e. The molecule has 0 spiro atoms. The Hall–Kier alpha value is -1.85. The largest absolute Gasteiger partial charge is 0.316 e. The number of hydrogen-bond acceptors (Lipinski definition) is 3. The van der Waals surface area contributed by atoms with Gasteiger partial charge in [0.2, 0.25) is 0 Å². The number of aryl methyl sites for hydroxylation is 5. The summed E-state index contributed by atoms with van der Waals surface area (Å²) >= 11 is 3.42. The average Bonchev–Trinajstić information content (AvgIpc) is 2.92. The zero-order valence-electron chi connectivity index (χ0n) is 16.6. The van der Waals surface area contributed by atoms with E-state index < -0.39 is 0 Å². The molecule has 5 heteroatoms. The van der Waals surface area contributed by atoms with E-state index in [1.165, 1.54) is 26.9 Å². The van der Waals surface area contributed by atoms with Crippen molar-refractivity contribution < 1.29 is 4.79 Å². The van der Waals surface area contributed by atoms with Crippen LogP contribution in [0.1, 0.15) is 27.8 Å². The van der Waals surface area contributed by atoms with Crippen LogP contribution in [-0.2, 0) is 17.8 Å². The summed E-state index contributed by atoms with van der Waals surface area (Å²) in [4.78, 5) is 18.0. The molecule has 0 N–H and O–H groups in total. The molecule has 0 unspecified atom stereocenters. The molecule has 3 rings (SSSR count). The minimum absolute atomic E-state index is 0.0819. The van der Waals surface area contributed by atoms with Crippen molar-refractivity contribution in [1.29, 1.82) is 0 Å². The molecule has 0 saturated heterocycles. The lowest BCUT2D eigenvalue weighted by atomic mass is 10.0. The van der Waals surface area contributed by atoms with Gasteiger partial charge in [-0.3, -0.25) is 4.79 Å². The highest BCUT2D eigenvalue weighted by Crippen LogP contribution is 2.22. The maximum absolute atomic E-state index is 12.7. The first-order chi connectivity index (χ1) is 12.9. The van der Waals surface area contributed by atoms with Gasteiger partial charge in [-0.15, -0.1) is 0 Å². The standard InChI is InChI=1S/C22H26N2OS2/c1-14-6-7-15(2)18(10-14)13-21(25)23-22-24(8-9-26-5)19-11-16(3)17(4)12-20(19)27-22/h6-7,10-12H,8-9,13H2,1-5H3. The second-order valence-electron chi connectivity index (χ2n) is 7.05. The highest BCUT2D eigenvalue weighted by atomic mass is 32.2. The van der Waals surface area contributed by atoms with Gasteiger partial charge in [0.05, 0.1) is 16.6 Å². The lowest BCUT2D eigenvalue weighted by molar-refractivity contribution is -0.117. The van der Waals surface area contributed by atoms with Crippen LogP contribution in [0.25, 0.3) is 10.2 Å². The van der Waals surface area contributed by atoms with Crippen LogP contribution in [0.5, 0.6) is 0 Å².